The van der Waals surface area contributed by atoms with Crippen molar-refractivity contribution in [1.82, 2.24) is 10.2 Å². The summed E-state index contributed by atoms with van der Waals surface area (Å²) in [5, 5.41) is 3.01. The number of methoxy groups -OCH3 is 3. The smallest absolute Gasteiger partial charge is 0.251 e. The van der Waals surface area contributed by atoms with Gasteiger partial charge in [-0.3, -0.25) is 4.79 Å². The molecule has 2 aromatic rings. The molecule has 0 aliphatic heterocycles. The van der Waals surface area contributed by atoms with E-state index >= 15 is 0 Å². The summed E-state index contributed by atoms with van der Waals surface area (Å²) in [4.78, 5) is 14.8. The Morgan fingerprint density at radius 2 is 1.59 bits per heavy atom. The van der Waals surface area contributed by atoms with Crippen LogP contribution in [0.1, 0.15) is 15.9 Å². The molecular weight excluding hydrogens is 344 g/mol. The Labute approximate surface area is 161 Å². The lowest BCUT2D eigenvalue weighted by molar-refractivity contribution is 0.0941. The van der Waals surface area contributed by atoms with Gasteiger partial charge in [0, 0.05) is 18.2 Å². The lowest BCUT2D eigenvalue weighted by Crippen LogP contribution is -2.41. The molecule has 2 aromatic carbocycles. The highest BCUT2D eigenvalue weighted by Crippen LogP contribution is 2.38. The third-order valence-corrected chi connectivity index (χ3v) is 4.47. The molecule has 146 valence electrons. The van der Waals surface area contributed by atoms with Crippen LogP contribution in [0.3, 0.4) is 0 Å². The second-order valence-electron chi connectivity index (χ2n) is 6.43. The number of ether oxygens (including phenoxy) is 3. The first-order valence-electron chi connectivity index (χ1n) is 8.78. The number of carbonyl (C=O) groups is 1. The Bertz CT molecular complexity index is 722. The Morgan fingerprint density at radius 3 is 2.07 bits per heavy atom. The van der Waals surface area contributed by atoms with Crippen molar-refractivity contribution < 1.29 is 19.0 Å². The fourth-order valence-electron chi connectivity index (χ4n) is 2.85. The first-order chi connectivity index (χ1) is 13.0. The highest BCUT2D eigenvalue weighted by molar-refractivity contribution is 5.95. The molecule has 0 unspecified atom stereocenters. The van der Waals surface area contributed by atoms with Crippen LogP contribution in [-0.4, -0.2) is 58.8 Å². The van der Waals surface area contributed by atoms with E-state index in [1.54, 1.807) is 12.1 Å². The lowest BCUT2D eigenvalue weighted by atomic mass is 10.0. The zero-order chi connectivity index (χ0) is 19.8. The molecular formula is C21H28N2O4. The van der Waals surface area contributed by atoms with Crippen LogP contribution in [0, 0.1) is 0 Å². The van der Waals surface area contributed by atoms with Crippen molar-refractivity contribution >= 4 is 5.91 Å². The van der Waals surface area contributed by atoms with Crippen LogP contribution in [0.2, 0.25) is 0 Å². The van der Waals surface area contributed by atoms with Crippen molar-refractivity contribution in [3.63, 3.8) is 0 Å². The van der Waals surface area contributed by atoms with Gasteiger partial charge in [0.1, 0.15) is 0 Å². The van der Waals surface area contributed by atoms with Crippen molar-refractivity contribution in [3.05, 3.63) is 53.6 Å². The van der Waals surface area contributed by atoms with Crippen molar-refractivity contribution in [2.24, 2.45) is 0 Å². The van der Waals surface area contributed by atoms with E-state index < -0.39 is 0 Å². The van der Waals surface area contributed by atoms with Crippen molar-refractivity contribution in [1.29, 1.82) is 0 Å². The Kier molecular flexibility index (Phi) is 7.49. The van der Waals surface area contributed by atoms with E-state index in [0.717, 1.165) is 6.42 Å². The SMILES string of the molecule is COc1cc(C(=O)NC[C@@H](Cc2ccccc2)N(C)C)cc(OC)c1OC. The standard InChI is InChI=1S/C21H28N2O4/c1-23(2)17(11-15-9-7-6-8-10-15)14-22-21(24)16-12-18(25-3)20(27-5)19(13-16)26-4/h6-10,12-13,17H,11,14H2,1-5H3,(H,22,24)/t17-/m1/s1. The van der Waals surface area contributed by atoms with Gasteiger partial charge in [0.05, 0.1) is 21.3 Å². The Hall–Kier alpha value is -2.73. The van der Waals surface area contributed by atoms with E-state index in [0.29, 0.717) is 29.4 Å². The second kappa shape index (κ2) is 9.83. The molecule has 27 heavy (non-hydrogen) atoms. The molecule has 0 heterocycles. The fourth-order valence-corrected chi connectivity index (χ4v) is 2.85. The third-order valence-electron chi connectivity index (χ3n) is 4.47. The molecule has 0 saturated carbocycles. The summed E-state index contributed by atoms with van der Waals surface area (Å²) < 4.78 is 15.9. The first-order valence-corrected chi connectivity index (χ1v) is 8.78. The van der Waals surface area contributed by atoms with Crippen molar-refractivity contribution in [3.8, 4) is 17.2 Å². The van der Waals surface area contributed by atoms with Gasteiger partial charge in [-0.15, -0.1) is 0 Å². The summed E-state index contributed by atoms with van der Waals surface area (Å²) in [6.45, 7) is 0.525. The van der Waals surface area contributed by atoms with Crippen LogP contribution in [0.15, 0.2) is 42.5 Å². The minimum atomic E-state index is -0.186. The lowest BCUT2D eigenvalue weighted by Gasteiger charge is -2.25. The molecule has 0 fully saturated rings. The molecule has 0 bridgehead atoms. The van der Waals surface area contributed by atoms with E-state index in [-0.39, 0.29) is 11.9 Å². The molecule has 1 N–H and O–H groups in total. The van der Waals surface area contributed by atoms with E-state index in [2.05, 4.69) is 22.3 Å². The number of benzene rings is 2. The Balaban J connectivity index is 2.11. The molecule has 1 amide bonds. The number of likely N-dealkylation sites (N-methyl/N-ethyl adjacent to an activating group) is 1. The minimum Gasteiger partial charge on any atom is -0.493 e. The van der Waals surface area contributed by atoms with E-state index in [1.807, 2.05) is 32.3 Å². The predicted molar refractivity (Wildman–Crippen MR) is 106 cm³/mol. The number of carbonyl (C=O) groups excluding carboxylic acids is 1. The van der Waals surface area contributed by atoms with Gasteiger partial charge in [-0.05, 0) is 38.2 Å². The maximum absolute atomic E-state index is 12.7. The van der Waals surface area contributed by atoms with Crippen molar-refractivity contribution in [2.45, 2.75) is 12.5 Å². The summed E-state index contributed by atoms with van der Waals surface area (Å²) in [7, 11) is 8.62. The van der Waals surface area contributed by atoms with Crippen LogP contribution in [-0.2, 0) is 6.42 Å². The van der Waals surface area contributed by atoms with Gasteiger partial charge in [0.25, 0.3) is 5.91 Å². The van der Waals surface area contributed by atoms with E-state index in [1.165, 1.54) is 26.9 Å². The molecule has 1 atom stereocenters. The maximum atomic E-state index is 12.7. The van der Waals surface area contributed by atoms with E-state index in [4.69, 9.17) is 14.2 Å². The molecule has 0 radical (unpaired) electrons. The molecule has 6 nitrogen and oxygen atoms in total. The summed E-state index contributed by atoms with van der Waals surface area (Å²) in [5.74, 6) is 1.19. The normalized spacial score (nSPS) is 11.8. The van der Waals surface area contributed by atoms with Gasteiger partial charge in [0.2, 0.25) is 5.75 Å². The van der Waals surface area contributed by atoms with Crippen LogP contribution in [0.25, 0.3) is 0 Å². The zero-order valence-corrected chi connectivity index (χ0v) is 16.6. The molecule has 0 aliphatic carbocycles. The van der Waals surface area contributed by atoms with Crippen molar-refractivity contribution in [2.75, 3.05) is 42.0 Å². The fraction of sp³-hybridized carbons (Fsp3) is 0.381. The number of nitrogens with one attached hydrogen (secondary N) is 1. The Morgan fingerprint density at radius 1 is 1.00 bits per heavy atom. The summed E-state index contributed by atoms with van der Waals surface area (Å²) in [6, 6.07) is 13.7. The second-order valence-corrected chi connectivity index (χ2v) is 6.43. The number of amides is 1. The maximum Gasteiger partial charge on any atom is 0.251 e. The first kappa shape index (κ1) is 20.6. The number of hydrogen-bond acceptors (Lipinski definition) is 5. The van der Waals surface area contributed by atoms with Gasteiger partial charge in [-0.1, -0.05) is 30.3 Å². The average molecular weight is 372 g/mol. The number of rotatable bonds is 9. The number of hydrogen-bond donors (Lipinski definition) is 1. The van der Waals surface area contributed by atoms with Gasteiger partial charge in [0.15, 0.2) is 11.5 Å². The quantitative estimate of drug-likeness (QED) is 0.733. The van der Waals surface area contributed by atoms with Gasteiger partial charge in [-0.25, -0.2) is 0 Å². The van der Waals surface area contributed by atoms with Gasteiger partial charge >= 0.3 is 0 Å². The summed E-state index contributed by atoms with van der Waals surface area (Å²) >= 11 is 0. The topological polar surface area (TPSA) is 60.0 Å². The van der Waals surface area contributed by atoms with Gasteiger partial charge in [-0.2, -0.15) is 0 Å². The molecule has 0 saturated heterocycles. The van der Waals surface area contributed by atoms with Crippen LogP contribution in [0.4, 0.5) is 0 Å². The summed E-state index contributed by atoms with van der Waals surface area (Å²) in [6.07, 6.45) is 0.851. The predicted octanol–water partition coefficient (Wildman–Crippen LogP) is 2.62. The van der Waals surface area contributed by atoms with Crippen LogP contribution < -0.4 is 19.5 Å². The highest BCUT2D eigenvalue weighted by atomic mass is 16.5. The molecule has 0 aromatic heterocycles. The molecule has 2 rings (SSSR count). The summed E-state index contributed by atoms with van der Waals surface area (Å²) in [5.41, 5.74) is 1.69. The molecule has 6 heteroatoms. The monoisotopic (exact) mass is 372 g/mol. The zero-order valence-electron chi connectivity index (χ0n) is 16.6. The molecule has 0 spiro atoms. The third kappa shape index (κ3) is 5.37. The largest absolute Gasteiger partial charge is 0.493 e. The van der Waals surface area contributed by atoms with Crippen LogP contribution >= 0.6 is 0 Å². The average Bonchev–Trinajstić information content (AvgIpc) is 2.70. The highest BCUT2D eigenvalue weighted by Gasteiger charge is 2.19. The molecule has 0 aliphatic rings. The minimum absolute atomic E-state index is 0.179. The van der Waals surface area contributed by atoms with E-state index in [9.17, 15) is 4.79 Å². The van der Waals surface area contributed by atoms with Crippen LogP contribution in [0.5, 0.6) is 17.2 Å². The number of nitrogens with zero attached hydrogens (tertiary/aromatic N) is 1. The van der Waals surface area contributed by atoms with Gasteiger partial charge < -0.3 is 24.4 Å².